The van der Waals surface area contributed by atoms with Gasteiger partial charge < -0.3 is 10.6 Å². The maximum absolute atomic E-state index is 12.5. The van der Waals surface area contributed by atoms with Crippen LogP contribution in [0.3, 0.4) is 0 Å². The molecule has 3 aliphatic rings. The number of alkyl halides is 1. The van der Waals surface area contributed by atoms with Crippen molar-refractivity contribution in [3.63, 3.8) is 0 Å². The number of hydrogen-bond donors (Lipinski definition) is 2. The van der Waals surface area contributed by atoms with Gasteiger partial charge in [0.1, 0.15) is 12.2 Å². The van der Waals surface area contributed by atoms with Crippen molar-refractivity contribution in [1.29, 1.82) is 0 Å². The number of hydrogen-bond acceptors (Lipinski definition) is 4. The van der Waals surface area contributed by atoms with E-state index in [9.17, 15) is 18.8 Å². The van der Waals surface area contributed by atoms with Crippen LogP contribution in [0.5, 0.6) is 0 Å². The number of carbonyl (C=O) groups is 3. The monoisotopic (exact) mass is 375 g/mol. The molecule has 3 unspecified atom stereocenters. The molecule has 1 aliphatic carbocycles. The minimum Gasteiger partial charge on any atom is -0.325 e. The fourth-order valence-electron chi connectivity index (χ4n) is 3.82. The molecule has 2 aliphatic heterocycles. The minimum atomic E-state index is -0.719. The normalized spacial score (nSPS) is 27.6. The summed E-state index contributed by atoms with van der Waals surface area (Å²) in [6.45, 7) is 2.42. The average molecular weight is 375 g/mol. The SMILES string of the molecule is Cc1ccc2c(c1)CN(C1CCC(=O)NC1=O)C2=O.NC1CCCCC1F. The van der Waals surface area contributed by atoms with Crippen molar-refractivity contribution in [1.82, 2.24) is 10.2 Å². The summed E-state index contributed by atoms with van der Waals surface area (Å²) in [7, 11) is 0. The zero-order chi connectivity index (χ0) is 19.6. The van der Waals surface area contributed by atoms with E-state index in [2.05, 4.69) is 5.32 Å². The van der Waals surface area contributed by atoms with Crippen LogP contribution in [-0.2, 0) is 16.1 Å². The van der Waals surface area contributed by atoms with Crippen LogP contribution in [0.2, 0.25) is 0 Å². The van der Waals surface area contributed by atoms with Gasteiger partial charge in [-0.05, 0) is 37.8 Å². The molecule has 6 nitrogen and oxygen atoms in total. The van der Waals surface area contributed by atoms with Crippen LogP contribution in [0.4, 0.5) is 4.39 Å². The fourth-order valence-corrected chi connectivity index (χ4v) is 3.82. The Kier molecular flexibility index (Phi) is 5.89. The molecule has 3 N–H and O–H groups in total. The number of fused-ring (bicyclic) bond motifs is 1. The summed E-state index contributed by atoms with van der Waals surface area (Å²) in [6, 6.07) is 4.98. The zero-order valence-electron chi connectivity index (χ0n) is 15.5. The number of nitrogens with one attached hydrogen (secondary N) is 1. The highest BCUT2D eigenvalue weighted by Crippen LogP contribution is 2.27. The molecule has 1 saturated heterocycles. The van der Waals surface area contributed by atoms with Crippen molar-refractivity contribution in [3.8, 4) is 0 Å². The van der Waals surface area contributed by atoms with Gasteiger partial charge >= 0.3 is 0 Å². The van der Waals surface area contributed by atoms with Crippen molar-refractivity contribution in [2.45, 2.75) is 70.2 Å². The Hall–Kier alpha value is -2.28. The lowest BCUT2D eigenvalue weighted by Gasteiger charge is -2.29. The van der Waals surface area contributed by atoms with E-state index in [0.29, 0.717) is 24.9 Å². The van der Waals surface area contributed by atoms with E-state index in [1.807, 2.05) is 19.1 Å². The highest BCUT2D eigenvalue weighted by atomic mass is 19.1. The molecule has 146 valence electrons. The van der Waals surface area contributed by atoms with Crippen molar-refractivity contribution in [2.75, 3.05) is 0 Å². The van der Waals surface area contributed by atoms with Crippen molar-refractivity contribution >= 4 is 17.7 Å². The number of halogens is 1. The fraction of sp³-hybridized carbons (Fsp3) is 0.550. The Balaban J connectivity index is 0.000000221. The number of aryl methyl sites for hydroxylation is 1. The topological polar surface area (TPSA) is 92.5 Å². The molecular formula is C20H26FN3O3. The van der Waals surface area contributed by atoms with Gasteiger partial charge in [-0.3, -0.25) is 19.7 Å². The third kappa shape index (κ3) is 4.35. The number of imide groups is 1. The molecule has 0 aromatic heterocycles. The molecule has 27 heavy (non-hydrogen) atoms. The van der Waals surface area contributed by atoms with E-state index in [1.165, 1.54) is 0 Å². The van der Waals surface area contributed by atoms with Gasteiger partial charge in [-0.1, -0.05) is 30.5 Å². The molecule has 0 bridgehead atoms. The summed E-state index contributed by atoms with van der Waals surface area (Å²) in [5, 5.41) is 2.29. The Bertz CT molecular complexity index is 742. The summed E-state index contributed by atoms with van der Waals surface area (Å²) in [4.78, 5) is 36.8. The number of benzene rings is 1. The lowest BCUT2D eigenvalue weighted by Crippen LogP contribution is -2.52. The van der Waals surface area contributed by atoms with Gasteiger partial charge in [-0.25, -0.2) is 4.39 Å². The summed E-state index contributed by atoms with van der Waals surface area (Å²) in [5.74, 6) is -0.750. The predicted octanol–water partition coefficient (Wildman–Crippen LogP) is 1.98. The van der Waals surface area contributed by atoms with Crippen molar-refractivity contribution < 1.29 is 18.8 Å². The number of carbonyl (C=O) groups excluding carboxylic acids is 3. The van der Waals surface area contributed by atoms with Gasteiger partial charge in [-0.2, -0.15) is 0 Å². The van der Waals surface area contributed by atoms with Gasteiger partial charge in [0.15, 0.2) is 0 Å². The maximum atomic E-state index is 12.5. The third-order valence-corrected chi connectivity index (χ3v) is 5.41. The van der Waals surface area contributed by atoms with Crippen LogP contribution in [-0.4, -0.2) is 40.9 Å². The first-order valence-electron chi connectivity index (χ1n) is 9.50. The first kappa shape index (κ1) is 19.5. The highest BCUT2D eigenvalue weighted by molar-refractivity contribution is 6.05. The highest BCUT2D eigenvalue weighted by Gasteiger charge is 2.38. The molecule has 1 aromatic rings. The molecule has 4 rings (SSSR count). The van der Waals surface area contributed by atoms with E-state index in [1.54, 1.807) is 11.0 Å². The smallest absolute Gasteiger partial charge is 0.255 e. The number of nitrogens with two attached hydrogens (primary N) is 1. The van der Waals surface area contributed by atoms with Crippen LogP contribution >= 0.6 is 0 Å². The third-order valence-electron chi connectivity index (χ3n) is 5.41. The quantitative estimate of drug-likeness (QED) is 0.734. The predicted molar refractivity (Wildman–Crippen MR) is 98.6 cm³/mol. The standard InChI is InChI=1S/C14H14N2O3.C6H12FN/c1-8-2-3-10-9(6-8)7-16(14(10)19)11-4-5-12(17)15-13(11)18;7-5-3-1-2-4-6(5)8/h2-3,6,11H,4-5,7H2,1H3,(H,15,17,18);5-6H,1-4,8H2. The van der Waals surface area contributed by atoms with Gasteiger partial charge in [0.25, 0.3) is 5.91 Å². The van der Waals surface area contributed by atoms with E-state index in [-0.39, 0.29) is 30.2 Å². The molecule has 3 atom stereocenters. The zero-order valence-corrected chi connectivity index (χ0v) is 15.5. The van der Waals surface area contributed by atoms with Gasteiger partial charge in [0.05, 0.1) is 0 Å². The lowest BCUT2D eigenvalue weighted by atomic mass is 9.95. The first-order chi connectivity index (χ1) is 12.9. The Morgan fingerprint density at radius 2 is 1.89 bits per heavy atom. The Labute approximate surface area is 158 Å². The number of rotatable bonds is 1. The molecule has 0 radical (unpaired) electrons. The van der Waals surface area contributed by atoms with Crippen LogP contribution in [0.25, 0.3) is 0 Å². The van der Waals surface area contributed by atoms with Crippen molar-refractivity contribution in [3.05, 3.63) is 34.9 Å². The van der Waals surface area contributed by atoms with Gasteiger partial charge in [0, 0.05) is 24.6 Å². The number of piperidine rings is 1. The van der Waals surface area contributed by atoms with Crippen LogP contribution in [0.15, 0.2) is 18.2 Å². The average Bonchev–Trinajstić information content (AvgIpc) is 2.94. The molecule has 0 spiro atoms. The number of amides is 3. The van der Waals surface area contributed by atoms with Crippen LogP contribution < -0.4 is 11.1 Å². The van der Waals surface area contributed by atoms with Crippen LogP contribution in [0.1, 0.15) is 60.0 Å². The molecule has 2 fully saturated rings. The second-order valence-electron chi connectivity index (χ2n) is 7.52. The van der Waals surface area contributed by atoms with E-state index < -0.39 is 12.2 Å². The number of nitrogens with zero attached hydrogens (tertiary/aromatic N) is 1. The molecule has 1 aromatic carbocycles. The second kappa shape index (κ2) is 8.17. The maximum Gasteiger partial charge on any atom is 0.255 e. The molecule has 2 heterocycles. The van der Waals surface area contributed by atoms with Crippen molar-refractivity contribution in [2.24, 2.45) is 5.73 Å². The molecule has 1 saturated carbocycles. The lowest BCUT2D eigenvalue weighted by molar-refractivity contribution is -0.136. The summed E-state index contributed by atoms with van der Waals surface area (Å²) in [5.41, 5.74) is 8.11. The molecule has 7 heteroatoms. The Morgan fingerprint density at radius 1 is 1.15 bits per heavy atom. The summed E-state index contributed by atoms with van der Waals surface area (Å²) < 4.78 is 12.5. The first-order valence-corrected chi connectivity index (χ1v) is 9.50. The van der Waals surface area contributed by atoms with E-state index in [0.717, 1.165) is 30.4 Å². The van der Waals surface area contributed by atoms with E-state index >= 15 is 0 Å². The van der Waals surface area contributed by atoms with Crippen LogP contribution in [0, 0.1) is 6.92 Å². The van der Waals surface area contributed by atoms with Gasteiger partial charge in [0.2, 0.25) is 11.8 Å². The second-order valence-corrected chi connectivity index (χ2v) is 7.52. The molecular weight excluding hydrogens is 349 g/mol. The molecule has 3 amide bonds. The van der Waals surface area contributed by atoms with Gasteiger partial charge in [-0.15, -0.1) is 0 Å². The largest absolute Gasteiger partial charge is 0.325 e. The Morgan fingerprint density at radius 3 is 2.52 bits per heavy atom. The van der Waals surface area contributed by atoms with E-state index in [4.69, 9.17) is 5.73 Å². The summed E-state index contributed by atoms with van der Waals surface area (Å²) >= 11 is 0. The minimum absolute atomic E-state index is 0.121. The summed E-state index contributed by atoms with van der Waals surface area (Å²) in [6.07, 6.45) is 3.67.